The first kappa shape index (κ1) is 20.5. The molecule has 6 nitrogen and oxygen atoms in total. The van der Waals surface area contributed by atoms with Gasteiger partial charge in [-0.25, -0.2) is 0 Å². The number of hydrogen-bond donors (Lipinski definition) is 1. The van der Waals surface area contributed by atoms with Crippen LogP contribution in [-0.4, -0.2) is 18.6 Å². The molecule has 0 aliphatic carbocycles. The van der Waals surface area contributed by atoms with Crippen LogP contribution < -0.4 is 15.5 Å². The van der Waals surface area contributed by atoms with Crippen LogP contribution in [0.15, 0.2) is 86.8 Å². The van der Waals surface area contributed by atoms with Crippen molar-refractivity contribution in [3.05, 3.63) is 89.2 Å². The number of amides is 1. The summed E-state index contributed by atoms with van der Waals surface area (Å²) in [6.07, 6.45) is 4.62. The molecule has 31 heavy (non-hydrogen) atoms. The third-order valence-electron chi connectivity index (χ3n) is 5.01. The summed E-state index contributed by atoms with van der Waals surface area (Å²) in [6, 6.07) is 18.1. The molecule has 6 heteroatoms. The molecule has 0 aliphatic heterocycles. The third-order valence-corrected chi connectivity index (χ3v) is 5.01. The number of fused-ring (bicyclic) bond motifs is 1. The van der Waals surface area contributed by atoms with E-state index in [1.54, 1.807) is 24.5 Å². The van der Waals surface area contributed by atoms with Crippen LogP contribution in [0.2, 0.25) is 0 Å². The molecule has 158 valence electrons. The van der Waals surface area contributed by atoms with Crippen molar-refractivity contribution in [3.8, 4) is 16.9 Å². The van der Waals surface area contributed by atoms with Gasteiger partial charge in [-0.2, -0.15) is 0 Å². The standard InChI is InChI=1S/C25H23NO5/c1-17(9-10-19-8-5-13-29-19)26-24(27)16-30-20-11-12-21-23(14-20)31-15-22(25(21)28)18-6-3-2-4-7-18/h2-8,11-15,17H,9-10,16H2,1H3,(H,26,27)/t17-/m0/s1. The van der Waals surface area contributed by atoms with E-state index in [1.807, 2.05) is 49.4 Å². The Balaban J connectivity index is 1.36. The van der Waals surface area contributed by atoms with Gasteiger partial charge in [-0.1, -0.05) is 30.3 Å². The zero-order valence-corrected chi connectivity index (χ0v) is 17.2. The number of benzene rings is 2. The predicted molar refractivity (Wildman–Crippen MR) is 118 cm³/mol. The second-order valence-electron chi connectivity index (χ2n) is 7.38. The molecule has 0 saturated heterocycles. The highest BCUT2D eigenvalue weighted by Gasteiger charge is 2.12. The van der Waals surface area contributed by atoms with Crippen molar-refractivity contribution in [2.24, 2.45) is 0 Å². The molecule has 1 atom stereocenters. The highest BCUT2D eigenvalue weighted by Crippen LogP contribution is 2.23. The number of carbonyl (C=O) groups excluding carboxylic acids is 1. The molecular weight excluding hydrogens is 394 g/mol. The molecule has 4 aromatic rings. The van der Waals surface area contributed by atoms with Crippen LogP contribution in [0, 0.1) is 0 Å². The van der Waals surface area contributed by atoms with E-state index in [2.05, 4.69) is 5.32 Å². The second kappa shape index (κ2) is 9.34. The minimum absolute atomic E-state index is 0.00719. The Morgan fingerprint density at radius 1 is 1.06 bits per heavy atom. The van der Waals surface area contributed by atoms with Crippen LogP contribution in [0.4, 0.5) is 0 Å². The lowest BCUT2D eigenvalue weighted by Gasteiger charge is -2.14. The van der Waals surface area contributed by atoms with E-state index in [1.165, 1.54) is 6.26 Å². The normalized spacial score (nSPS) is 11.9. The van der Waals surface area contributed by atoms with Gasteiger partial charge in [0.25, 0.3) is 5.91 Å². The monoisotopic (exact) mass is 417 g/mol. The lowest BCUT2D eigenvalue weighted by atomic mass is 10.1. The van der Waals surface area contributed by atoms with Crippen LogP contribution in [-0.2, 0) is 11.2 Å². The van der Waals surface area contributed by atoms with E-state index >= 15 is 0 Å². The molecule has 0 unspecified atom stereocenters. The molecule has 2 aromatic carbocycles. The SMILES string of the molecule is C[C@@H](CCc1ccco1)NC(=O)COc1ccc2c(=O)c(-c3ccccc3)coc2c1. The molecule has 0 saturated carbocycles. The topological polar surface area (TPSA) is 81.7 Å². The number of aryl methyl sites for hydroxylation is 1. The Morgan fingerprint density at radius 3 is 2.68 bits per heavy atom. The summed E-state index contributed by atoms with van der Waals surface area (Å²) >= 11 is 0. The van der Waals surface area contributed by atoms with Gasteiger partial charge in [0.1, 0.15) is 23.4 Å². The molecule has 4 rings (SSSR count). The van der Waals surface area contributed by atoms with Gasteiger partial charge < -0.3 is 18.9 Å². The lowest BCUT2D eigenvalue weighted by molar-refractivity contribution is -0.123. The molecule has 1 amide bonds. The minimum atomic E-state index is -0.215. The van der Waals surface area contributed by atoms with Crippen LogP contribution in [0.5, 0.6) is 5.75 Å². The Kier molecular flexibility index (Phi) is 6.17. The average Bonchev–Trinajstić information content (AvgIpc) is 3.31. The van der Waals surface area contributed by atoms with Gasteiger partial charge in [0.2, 0.25) is 0 Å². The number of ether oxygens (including phenoxy) is 1. The summed E-state index contributed by atoms with van der Waals surface area (Å²) in [5.74, 6) is 1.14. The van der Waals surface area contributed by atoms with Gasteiger partial charge >= 0.3 is 0 Å². The highest BCUT2D eigenvalue weighted by atomic mass is 16.5. The number of rotatable bonds is 8. The Bertz CT molecular complexity index is 1210. The Hall–Kier alpha value is -3.80. The van der Waals surface area contributed by atoms with Crippen molar-refractivity contribution >= 4 is 16.9 Å². The zero-order chi connectivity index (χ0) is 21.6. The first-order chi connectivity index (χ1) is 15.1. The van der Waals surface area contributed by atoms with Gasteiger partial charge in [0.15, 0.2) is 12.0 Å². The van der Waals surface area contributed by atoms with Crippen molar-refractivity contribution < 1.29 is 18.4 Å². The van der Waals surface area contributed by atoms with E-state index in [-0.39, 0.29) is 24.0 Å². The fraction of sp³-hybridized carbons (Fsp3) is 0.200. The zero-order valence-electron chi connectivity index (χ0n) is 17.2. The smallest absolute Gasteiger partial charge is 0.258 e. The quantitative estimate of drug-likeness (QED) is 0.454. The van der Waals surface area contributed by atoms with Crippen molar-refractivity contribution in [1.82, 2.24) is 5.32 Å². The van der Waals surface area contributed by atoms with Crippen molar-refractivity contribution in [2.45, 2.75) is 25.8 Å². The Labute approximate surface area is 179 Å². The first-order valence-corrected chi connectivity index (χ1v) is 10.2. The highest BCUT2D eigenvalue weighted by molar-refractivity contribution is 5.83. The molecule has 0 fully saturated rings. The average molecular weight is 417 g/mol. The minimum Gasteiger partial charge on any atom is -0.484 e. The number of carbonyl (C=O) groups is 1. The summed E-state index contributed by atoms with van der Waals surface area (Å²) in [5.41, 5.74) is 1.61. The van der Waals surface area contributed by atoms with Gasteiger partial charge in [-0.3, -0.25) is 9.59 Å². The molecule has 0 bridgehead atoms. The maximum atomic E-state index is 12.8. The predicted octanol–water partition coefficient (Wildman–Crippen LogP) is 4.57. The summed E-state index contributed by atoms with van der Waals surface area (Å²) in [5, 5.41) is 3.37. The van der Waals surface area contributed by atoms with Crippen LogP contribution in [0.1, 0.15) is 19.1 Å². The van der Waals surface area contributed by atoms with Gasteiger partial charge in [0.05, 0.1) is 17.2 Å². The van der Waals surface area contributed by atoms with E-state index in [0.29, 0.717) is 22.3 Å². The van der Waals surface area contributed by atoms with Crippen molar-refractivity contribution in [2.75, 3.05) is 6.61 Å². The number of furan rings is 1. The molecule has 0 aliphatic rings. The molecule has 0 spiro atoms. The number of nitrogens with one attached hydrogen (secondary N) is 1. The van der Waals surface area contributed by atoms with Crippen LogP contribution in [0.3, 0.4) is 0 Å². The number of hydrogen-bond acceptors (Lipinski definition) is 5. The summed E-state index contributed by atoms with van der Waals surface area (Å²) < 4.78 is 16.6. The maximum Gasteiger partial charge on any atom is 0.258 e. The molecule has 1 N–H and O–H groups in total. The molecule has 2 heterocycles. The van der Waals surface area contributed by atoms with Crippen molar-refractivity contribution in [1.29, 1.82) is 0 Å². The fourth-order valence-corrected chi connectivity index (χ4v) is 3.37. The third kappa shape index (κ3) is 5.04. The second-order valence-corrected chi connectivity index (χ2v) is 7.38. The van der Waals surface area contributed by atoms with E-state index in [4.69, 9.17) is 13.6 Å². The van der Waals surface area contributed by atoms with Crippen LogP contribution >= 0.6 is 0 Å². The lowest BCUT2D eigenvalue weighted by Crippen LogP contribution is -2.36. The van der Waals surface area contributed by atoms with E-state index in [0.717, 1.165) is 24.2 Å². The summed E-state index contributed by atoms with van der Waals surface area (Å²) in [4.78, 5) is 25.0. The fourth-order valence-electron chi connectivity index (χ4n) is 3.37. The summed E-state index contributed by atoms with van der Waals surface area (Å²) in [6.45, 7) is 1.82. The van der Waals surface area contributed by atoms with E-state index in [9.17, 15) is 9.59 Å². The largest absolute Gasteiger partial charge is 0.484 e. The summed E-state index contributed by atoms with van der Waals surface area (Å²) in [7, 11) is 0. The van der Waals surface area contributed by atoms with Crippen molar-refractivity contribution in [3.63, 3.8) is 0 Å². The maximum absolute atomic E-state index is 12.8. The Morgan fingerprint density at radius 2 is 1.90 bits per heavy atom. The molecule has 0 radical (unpaired) electrons. The van der Waals surface area contributed by atoms with Crippen LogP contribution in [0.25, 0.3) is 22.1 Å². The molecular formula is C25H23NO5. The van der Waals surface area contributed by atoms with E-state index < -0.39 is 0 Å². The first-order valence-electron chi connectivity index (χ1n) is 10.2. The van der Waals surface area contributed by atoms with Gasteiger partial charge in [0, 0.05) is 18.5 Å². The molecule has 2 aromatic heterocycles. The van der Waals surface area contributed by atoms with Gasteiger partial charge in [-0.15, -0.1) is 0 Å². The van der Waals surface area contributed by atoms with Gasteiger partial charge in [-0.05, 0) is 43.2 Å².